The molecule has 8 nitrogen and oxygen atoms in total. The van der Waals surface area contributed by atoms with Crippen molar-refractivity contribution in [1.29, 1.82) is 0 Å². The van der Waals surface area contributed by atoms with Gasteiger partial charge in [0.05, 0.1) is 4.92 Å². The van der Waals surface area contributed by atoms with Gasteiger partial charge in [0, 0.05) is 43.9 Å². The van der Waals surface area contributed by atoms with Gasteiger partial charge in [-0.25, -0.2) is 17.6 Å². The Morgan fingerprint density at radius 3 is 2.28 bits per heavy atom. The molecule has 188 valence electrons. The first kappa shape index (κ1) is 25.4. The number of hydrogen-bond donors (Lipinski definition) is 1. The fraction of sp³-hybridized carbons (Fsp3) is 0.182. The second-order valence-electron chi connectivity index (χ2n) is 7.62. The molecule has 0 saturated carbocycles. The molecule has 1 fully saturated rings. The average molecular weight is 543 g/mol. The Kier molecular flexibility index (Phi) is 7.13. The van der Waals surface area contributed by atoms with Gasteiger partial charge in [-0.15, -0.1) is 0 Å². The highest BCUT2D eigenvalue weighted by Gasteiger charge is 2.30. The Balaban J connectivity index is 1.39. The van der Waals surface area contributed by atoms with E-state index in [1.54, 1.807) is 6.07 Å². The van der Waals surface area contributed by atoms with Crippen LogP contribution in [0.4, 0.5) is 28.9 Å². The molecule has 1 aliphatic rings. The number of nitrogens with one attached hydrogen (secondary N) is 1. The van der Waals surface area contributed by atoms with Gasteiger partial charge in [0.1, 0.15) is 16.5 Å². The fourth-order valence-corrected chi connectivity index (χ4v) is 4.07. The van der Waals surface area contributed by atoms with Crippen LogP contribution in [0.5, 0.6) is 0 Å². The Hall–Kier alpha value is -3.71. The summed E-state index contributed by atoms with van der Waals surface area (Å²) in [6, 6.07) is 8.54. The lowest BCUT2D eigenvalue weighted by Gasteiger charge is -2.37. The van der Waals surface area contributed by atoms with Crippen molar-refractivity contribution in [3.63, 3.8) is 0 Å². The van der Waals surface area contributed by atoms with Crippen molar-refractivity contribution in [3.8, 4) is 11.3 Å². The Labute approximate surface area is 211 Å². The number of anilines is 1. The van der Waals surface area contributed by atoms with Crippen LogP contribution in [0.25, 0.3) is 11.3 Å². The third-order valence-electron chi connectivity index (χ3n) is 5.46. The van der Waals surface area contributed by atoms with Crippen molar-refractivity contribution in [2.24, 2.45) is 0 Å². The van der Waals surface area contributed by atoms with Gasteiger partial charge in [-0.3, -0.25) is 20.2 Å². The lowest BCUT2D eigenvalue weighted by atomic mass is 10.1. The maximum absolute atomic E-state index is 14.2. The van der Waals surface area contributed by atoms with Crippen molar-refractivity contribution in [1.82, 2.24) is 10.2 Å². The number of carbonyl (C=O) groups is 1. The second kappa shape index (κ2) is 10.1. The van der Waals surface area contributed by atoms with E-state index in [4.69, 9.17) is 28.2 Å². The van der Waals surface area contributed by atoms with Gasteiger partial charge in [0.25, 0.3) is 11.6 Å². The number of nitrogens with zero attached hydrogens (tertiary/aromatic N) is 3. The number of thiocarbonyl (C=S) groups is 1. The number of furan rings is 1. The lowest BCUT2D eigenvalue weighted by Crippen LogP contribution is -2.53. The molecule has 2 aromatic carbocycles. The highest BCUT2D eigenvalue weighted by Crippen LogP contribution is 2.34. The average Bonchev–Trinajstić information content (AvgIpc) is 3.37. The Morgan fingerprint density at radius 1 is 1.03 bits per heavy atom. The van der Waals surface area contributed by atoms with E-state index in [1.807, 2.05) is 0 Å². The third-order valence-corrected chi connectivity index (χ3v) is 6.15. The molecular weight excluding hydrogens is 528 g/mol. The number of amides is 1. The molecule has 0 spiro atoms. The molecule has 14 heteroatoms. The largest absolute Gasteiger partial charge is 0.451 e. The van der Waals surface area contributed by atoms with Crippen molar-refractivity contribution in [3.05, 3.63) is 80.6 Å². The predicted octanol–water partition coefficient (Wildman–Crippen LogP) is 4.90. The highest BCUT2D eigenvalue weighted by molar-refractivity contribution is 7.80. The third kappa shape index (κ3) is 4.84. The van der Waals surface area contributed by atoms with Crippen LogP contribution in [-0.2, 0) is 0 Å². The molecule has 0 unspecified atom stereocenters. The molecule has 0 radical (unpaired) electrons. The molecular formula is C22H15ClF4N4O4S. The first-order valence-corrected chi connectivity index (χ1v) is 11.1. The van der Waals surface area contributed by atoms with Crippen LogP contribution in [0.3, 0.4) is 0 Å². The molecule has 1 saturated heterocycles. The van der Waals surface area contributed by atoms with E-state index in [1.165, 1.54) is 35.2 Å². The van der Waals surface area contributed by atoms with Crippen molar-refractivity contribution in [2.75, 3.05) is 31.1 Å². The molecule has 1 aliphatic heterocycles. The second-order valence-corrected chi connectivity index (χ2v) is 8.39. The molecule has 1 N–H and O–H groups in total. The summed E-state index contributed by atoms with van der Waals surface area (Å²) < 4.78 is 61.6. The van der Waals surface area contributed by atoms with Gasteiger partial charge in [-0.1, -0.05) is 23.7 Å². The van der Waals surface area contributed by atoms with E-state index < -0.39 is 44.8 Å². The van der Waals surface area contributed by atoms with Crippen LogP contribution in [0.1, 0.15) is 10.6 Å². The fourth-order valence-electron chi connectivity index (χ4n) is 3.63. The first-order valence-electron chi connectivity index (χ1n) is 10.3. The maximum atomic E-state index is 14.2. The van der Waals surface area contributed by atoms with Crippen molar-refractivity contribution >= 4 is 46.2 Å². The molecule has 2 heterocycles. The number of benzene rings is 2. The molecule has 0 bridgehead atoms. The van der Waals surface area contributed by atoms with Crippen LogP contribution in [0.2, 0.25) is 5.02 Å². The van der Waals surface area contributed by atoms with Crippen LogP contribution in [0.15, 0.2) is 40.8 Å². The van der Waals surface area contributed by atoms with E-state index in [0.29, 0.717) is 5.56 Å². The molecule has 3 aromatic rings. The van der Waals surface area contributed by atoms with E-state index in [2.05, 4.69) is 5.32 Å². The molecule has 36 heavy (non-hydrogen) atoms. The number of nitro benzene ring substituents is 1. The monoisotopic (exact) mass is 542 g/mol. The summed E-state index contributed by atoms with van der Waals surface area (Å²) in [6.45, 7) is 0.0615. The number of non-ortho nitro benzene ring substituents is 1. The van der Waals surface area contributed by atoms with Gasteiger partial charge in [0.2, 0.25) is 0 Å². The van der Waals surface area contributed by atoms with Gasteiger partial charge in [-0.05, 0) is 24.4 Å². The molecule has 0 atom stereocenters. The molecule has 1 aromatic heterocycles. The van der Waals surface area contributed by atoms with Gasteiger partial charge in [0.15, 0.2) is 34.1 Å². The number of nitro groups is 1. The zero-order valence-electron chi connectivity index (χ0n) is 18.1. The summed E-state index contributed by atoms with van der Waals surface area (Å²) in [6.07, 6.45) is 0. The van der Waals surface area contributed by atoms with Gasteiger partial charge >= 0.3 is 0 Å². The van der Waals surface area contributed by atoms with Crippen molar-refractivity contribution in [2.45, 2.75) is 0 Å². The van der Waals surface area contributed by atoms with Crippen LogP contribution in [0, 0.1) is 33.4 Å². The number of halogens is 5. The lowest BCUT2D eigenvalue weighted by molar-refractivity contribution is -0.384. The minimum Gasteiger partial charge on any atom is -0.451 e. The predicted molar refractivity (Wildman–Crippen MR) is 126 cm³/mol. The summed E-state index contributed by atoms with van der Waals surface area (Å²) in [5, 5.41) is 12.2. The number of hydrogen-bond acceptors (Lipinski definition) is 6. The zero-order valence-corrected chi connectivity index (χ0v) is 19.6. The first-order chi connectivity index (χ1) is 17.1. The summed E-state index contributed by atoms with van der Waals surface area (Å²) in [7, 11) is 0. The Morgan fingerprint density at radius 2 is 1.67 bits per heavy atom. The van der Waals surface area contributed by atoms with E-state index in [9.17, 15) is 32.5 Å². The quantitative estimate of drug-likeness (QED) is 0.125. The van der Waals surface area contributed by atoms with Crippen LogP contribution < -0.4 is 10.2 Å². The van der Waals surface area contributed by atoms with Crippen LogP contribution in [-0.4, -0.2) is 47.0 Å². The summed E-state index contributed by atoms with van der Waals surface area (Å²) in [4.78, 5) is 25.6. The normalized spacial score (nSPS) is 13.6. The topological polar surface area (TPSA) is 91.9 Å². The molecule has 1 amide bonds. The van der Waals surface area contributed by atoms with E-state index in [0.717, 1.165) is 4.90 Å². The summed E-state index contributed by atoms with van der Waals surface area (Å²) >= 11 is 10.5. The smallest absolute Gasteiger partial charge is 0.293 e. The van der Waals surface area contributed by atoms with Gasteiger partial charge < -0.3 is 14.2 Å². The summed E-state index contributed by atoms with van der Waals surface area (Å²) in [5.74, 6) is -7.11. The van der Waals surface area contributed by atoms with E-state index in [-0.39, 0.29) is 48.5 Å². The number of piperazine rings is 1. The summed E-state index contributed by atoms with van der Waals surface area (Å²) in [5.41, 5.74) is -0.608. The van der Waals surface area contributed by atoms with Crippen LogP contribution >= 0.6 is 23.8 Å². The standard InChI is InChI=1S/C22H15ClF4N4O4S/c23-15-16(24)18(26)20(19(27)17(15)25)29-6-8-30(9-7-29)22(36)28-21(32)14-5-4-13(35-14)11-2-1-3-12(10-11)31(33)34/h1-5,10H,6-9H2,(H,28,32,36). The highest BCUT2D eigenvalue weighted by atomic mass is 35.5. The van der Waals surface area contributed by atoms with E-state index >= 15 is 0 Å². The number of carbonyl (C=O) groups excluding carboxylic acids is 1. The zero-order chi connectivity index (χ0) is 26.1. The molecule has 0 aliphatic carbocycles. The minimum atomic E-state index is -1.68. The minimum absolute atomic E-state index is 0.00219. The van der Waals surface area contributed by atoms with Crippen molar-refractivity contribution < 1.29 is 31.7 Å². The SMILES string of the molecule is O=C(NC(=S)N1CCN(c2c(F)c(F)c(Cl)c(F)c2F)CC1)c1ccc(-c2cccc([N+](=O)[O-])c2)o1. The Bertz CT molecular complexity index is 1350. The maximum Gasteiger partial charge on any atom is 0.293 e. The molecule has 4 rings (SSSR count). The number of rotatable bonds is 4. The van der Waals surface area contributed by atoms with Gasteiger partial charge in [-0.2, -0.15) is 0 Å².